The van der Waals surface area contributed by atoms with E-state index in [-0.39, 0.29) is 6.04 Å². The molecule has 0 aliphatic heterocycles. The first-order chi connectivity index (χ1) is 9.58. The first kappa shape index (κ1) is 14.9. The summed E-state index contributed by atoms with van der Waals surface area (Å²) in [5.41, 5.74) is 3.19. The monoisotopic (exact) mass is 293 g/mol. The fourth-order valence-electron chi connectivity index (χ4n) is 2.38. The minimum atomic E-state index is -0.0464. The molecular formula is C15H20ClN3O. The molecule has 0 fully saturated rings. The molecule has 0 aliphatic rings. The van der Waals surface area contributed by atoms with Crippen molar-refractivity contribution in [3.63, 3.8) is 0 Å². The Labute approximate surface area is 124 Å². The van der Waals surface area contributed by atoms with E-state index in [2.05, 4.69) is 30.3 Å². The summed E-state index contributed by atoms with van der Waals surface area (Å²) < 4.78 is 7.30. The predicted molar refractivity (Wildman–Crippen MR) is 81.5 cm³/mol. The van der Waals surface area contributed by atoms with E-state index >= 15 is 0 Å². The SMILES string of the molecule is CCNC(c1cc(C)ccc1OC)c1c(Cl)cnn1C. The Hall–Kier alpha value is -1.52. The van der Waals surface area contributed by atoms with Crippen molar-refractivity contribution in [2.24, 2.45) is 7.05 Å². The second-order valence-electron chi connectivity index (χ2n) is 4.74. The summed E-state index contributed by atoms with van der Waals surface area (Å²) in [5, 5.41) is 8.34. The Balaban J connectivity index is 2.57. The molecule has 1 atom stereocenters. The number of benzene rings is 1. The van der Waals surface area contributed by atoms with E-state index in [1.54, 1.807) is 18.0 Å². The van der Waals surface area contributed by atoms with Crippen LogP contribution in [0.4, 0.5) is 0 Å². The number of aryl methyl sites for hydroxylation is 2. The highest BCUT2D eigenvalue weighted by atomic mass is 35.5. The van der Waals surface area contributed by atoms with Crippen LogP contribution >= 0.6 is 11.6 Å². The summed E-state index contributed by atoms with van der Waals surface area (Å²) in [6.07, 6.45) is 1.67. The maximum atomic E-state index is 6.30. The van der Waals surface area contributed by atoms with Crippen LogP contribution in [0.1, 0.15) is 29.8 Å². The summed E-state index contributed by atoms with van der Waals surface area (Å²) in [6.45, 7) is 4.96. The maximum Gasteiger partial charge on any atom is 0.124 e. The number of ether oxygens (including phenoxy) is 1. The third-order valence-electron chi connectivity index (χ3n) is 3.32. The van der Waals surface area contributed by atoms with E-state index in [4.69, 9.17) is 16.3 Å². The van der Waals surface area contributed by atoms with Crippen LogP contribution in [0.2, 0.25) is 5.02 Å². The molecular weight excluding hydrogens is 274 g/mol. The van der Waals surface area contributed by atoms with Gasteiger partial charge in [0.1, 0.15) is 5.75 Å². The van der Waals surface area contributed by atoms with Gasteiger partial charge in [-0.3, -0.25) is 4.68 Å². The zero-order chi connectivity index (χ0) is 14.7. The molecule has 0 amide bonds. The number of hydrogen-bond donors (Lipinski definition) is 1. The van der Waals surface area contributed by atoms with Crippen LogP contribution in [0, 0.1) is 6.92 Å². The molecule has 2 aromatic rings. The number of halogens is 1. The van der Waals surface area contributed by atoms with Gasteiger partial charge in [0.2, 0.25) is 0 Å². The highest BCUT2D eigenvalue weighted by Crippen LogP contribution is 2.33. The van der Waals surface area contributed by atoms with Crippen molar-refractivity contribution in [2.45, 2.75) is 19.9 Å². The molecule has 0 radical (unpaired) electrons. The van der Waals surface area contributed by atoms with Gasteiger partial charge >= 0.3 is 0 Å². The molecule has 2 rings (SSSR count). The van der Waals surface area contributed by atoms with E-state index in [9.17, 15) is 0 Å². The van der Waals surface area contributed by atoms with Gasteiger partial charge in [-0.15, -0.1) is 0 Å². The van der Waals surface area contributed by atoms with Crippen LogP contribution in [0.15, 0.2) is 24.4 Å². The number of nitrogens with zero attached hydrogens (tertiary/aromatic N) is 2. The molecule has 1 unspecified atom stereocenters. The van der Waals surface area contributed by atoms with Crippen LogP contribution in [0.5, 0.6) is 5.75 Å². The van der Waals surface area contributed by atoms with Crippen molar-refractivity contribution in [1.29, 1.82) is 0 Å². The second-order valence-corrected chi connectivity index (χ2v) is 5.14. The van der Waals surface area contributed by atoms with Crippen molar-refractivity contribution < 1.29 is 4.74 Å². The third-order valence-corrected chi connectivity index (χ3v) is 3.61. The average molecular weight is 294 g/mol. The lowest BCUT2D eigenvalue weighted by atomic mass is 10.00. The Bertz CT molecular complexity index is 575. The predicted octanol–water partition coefficient (Wildman–Crippen LogP) is 3.09. The van der Waals surface area contributed by atoms with Crippen LogP contribution in [0.3, 0.4) is 0 Å². The molecule has 5 heteroatoms. The molecule has 0 bridgehead atoms. The maximum absolute atomic E-state index is 6.30. The van der Waals surface area contributed by atoms with Crippen LogP contribution in [-0.2, 0) is 7.05 Å². The van der Waals surface area contributed by atoms with Gasteiger partial charge in [-0.05, 0) is 19.5 Å². The van der Waals surface area contributed by atoms with Gasteiger partial charge in [0, 0.05) is 12.6 Å². The molecule has 1 aromatic heterocycles. The lowest BCUT2D eigenvalue weighted by Crippen LogP contribution is -2.25. The van der Waals surface area contributed by atoms with E-state index in [1.807, 2.05) is 19.2 Å². The molecule has 0 saturated heterocycles. The third kappa shape index (κ3) is 2.81. The first-order valence-electron chi connectivity index (χ1n) is 6.63. The number of aromatic nitrogens is 2. The minimum absolute atomic E-state index is 0.0464. The minimum Gasteiger partial charge on any atom is -0.496 e. The lowest BCUT2D eigenvalue weighted by molar-refractivity contribution is 0.402. The molecule has 1 N–H and O–H groups in total. The molecule has 108 valence electrons. The van der Waals surface area contributed by atoms with Crippen LogP contribution < -0.4 is 10.1 Å². The smallest absolute Gasteiger partial charge is 0.124 e. The molecule has 0 aliphatic carbocycles. The van der Waals surface area contributed by atoms with E-state index in [0.717, 1.165) is 23.6 Å². The van der Waals surface area contributed by atoms with Crippen molar-refractivity contribution in [3.05, 3.63) is 46.2 Å². The highest BCUT2D eigenvalue weighted by molar-refractivity contribution is 6.31. The van der Waals surface area contributed by atoms with Gasteiger partial charge < -0.3 is 10.1 Å². The summed E-state index contributed by atoms with van der Waals surface area (Å²) in [6, 6.07) is 6.10. The summed E-state index contributed by atoms with van der Waals surface area (Å²) >= 11 is 6.30. The second kappa shape index (κ2) is 6.29. The quantitative estimate of drug-likeness (QED) is 0.921. The largest absolute Gasteiger partial charge is 0.496 e. The average Bonchev–Trinajstić information content (AvgIpc) is 2.76. The standard InChI is InChI=1S/C15H20ClN3O/c1-5-17-14(15-12(16)9-18-19(15)3)11-8-10(2)6-7-13(11)20-4/h6-9,14,17H,5H2,1-4H3. The van der Waals surface area contributed by atoms with Gasteiger partial charge in [0.05, 0.1) is 30.1 Å². The normalized spacial score (nSPS) is 12.4. The highest BCUT2D eigenvalue weighted by Gasteiger charge is 2.23. The number of rotatable bonds is 5. The van der Waals surface area contributed by atoms with Gasteiger partial charge in [-0.25, -0.2) is 0 Å². The van der Waals surface area contributed by atoms with Crippen molar-refractivity contribution in [3.8, 4) is 5.75 Å². The van der Waals surface area contributed by atoms with E-state index in [0.29, 0.717) is 5.02 Å². The fourth-order valence-corrected chi connectivity index (χ4v) is 2.66. The molecule has 4 nitrogen and oxygen atoms in total. The van der Waals surface area contributed by atoms with Gasteiger partial charge in [-0.1, -0.05) is 36.2 Å². The topological polar surface area (TPSA) is 39.1 Å². The molecule has 1 aromatic carbocycles. The first-order valence-corrected chi connectivity index (χ1v) is 7.01. The zero-order valence-corrected chi connectivity index (χ0v) is 13.0. The summed E-state index contributed by atoms with van der Waals surface area (Å²) in [4.78, 5) is 0. The van der Waals surface area contributed by atoms with Gasteiger partial charge in [-0.2, -0.15) is 5.10 Å². The molecule has 0 spiro atoms. The molecule has 1 heterocycles. The van der Waals surface area contributed by atoms with Crippen molar-refractivity contribution in [2.75, 3.05) is 13.7 Å². The molecule has 20 heavy (non-hydrogen) atoms. The Kier molecular flexibility index (Phi) is 4.68. The zero-order valence-electron chi connectivity index (χ0n) is 12.3. The lowest BCUT2D eigenvalue weighted by Gasteiger charge is -2.22. The number of methoxy groups -OCH3 is 1. The summed E-state index contributed by atoms with van der Waals surface area (Å²) in [7, 11) is 3.58. The van der Waals surface area contributed by atoms with Crippen LogP contribution in [-0.4, -0.2) is 23.4 Å². The van der Waals surface area contributed by atoms with Crippen molar-refractivity contribution >= 4 is 11.6 Å². The number of nitrogens with one attached hydrogen (secondary N) is 1. The number of hydrogen-bond acceptors (Lipinski definition) is 3. The Morgan fingerprint density at radius 1 is 1.45 bits per heavy atom. The van der Waals surface area contributed by atoms with Crippen molar-refractivity contribution in [1.82, 2.24) is 15.1 Å². The molecule has 0 saturated carbocycles. The fraction of sp³-hybridized carbons (Fsp3) is 0.400. The Morgan fingerprint density at radius 2 is 2.20 bits per heavy atom. The van der Waals surface area contributed by atoms with Gasteiger partial charge in [0.25, 0.3) is 0 Å². The van der Waals surface area contributed by atoms with Crippen LogP contribution in [0.25, 0.3) is 0 Å². The van der Waals surface area contributed by atoms with E-state index < -0.39 is 0 Å². The summed E-state index contributed by atoms with van der Waals surface area (Å²) in [5.74, 6) is 0.846. The van der Waals surface area contributed by atoms with E-state index in [1.165, 1.54) is 5.56 Å². The van der Waals surface area contributed by atoms with Gasteiger partial charge in [0.15, 0.2) is 0 Å². The Morgan fingerprint density at radius 3 is 2.75 bits per heavy atom.